The van der Waals surface area contributed by atoms with Gasteiger partial charge in [-0.1, -0.05) is 49.8 Å². The van der Waals surface area contributed by atoms with Crippen LogP contribution in [0.4, 0.5) is 0 Å². The van der Waals surface area contributed by atoms with Gasteiger partial charge in [0.05, 0.1) is 0 Å². The van der Waals surface area contributed by atoms with Gasteiger partial charge in [-0.2, -0.15) is 0 Å². The van der Waals surface area contributed by atoms with Gasteiger partial charge < -0.3 is 0 Å². The first-order valence-electron chi connectivity index (χ1n) is 4.39. The van der Waals surface area contributed by atoms with Gasteiger partial charge in [-0.3, -0.25) is 0 Å². The molecule has 0 atom stereocenters. The number of allylic oxidation sites excluding steroid dienone is 6. The highest BCUT2D eigenvalue weighted by atomic mass is 13.9. The summed E-state index contributed by atoms with van der Waals surface area (Å²) in [6.45, 7) is 12.1. The van der Waals surface area contributed by atoms with Gasteiger partial charge in [-0.05, 0) is 13.3 Å². The fourth-order valence-electron chi connectivity index (χ4n) is 0.686. The molecule has 0 saturated carbocycles. The Morgan fingerprint density at radius 1 is 1.17 bits per heavy atom. The second-order valence-corrected chi connectivity index (χ2v) is 1.98. The Morgan fingerprint density at radius 2 is 1.75 bits per heavy atom. The maximum absolute atomic E-state index is 3.00. The summed E-state index contributed by atoms with van der Waals surface area (Å²) in [7, 11) is 0. The lowest BCUT2D eigenvalue weighted by Crippen LogP contribution is -1.60. The molecule has 1 aliphatic carbocycles. The Labute approximate surface area is 77.0 Å². The minimum absolute atomic E-state index is 1.08. The SMILES string of the molecule is C=C.CC.CC1=CC=CCC=C1. The van der Waals surface area contributed by atoms with Crippen molar-refractivity contribution in [2.24, 2.45) is 0 Å². The molecule has 0 aromatic rings. The summed E-state index contributed by atoms with van der Waals surface area (Å²) in [6.07, 6.45) is 11.7. The monoisotopic (exact) mass is 164 g/mol. The van der Waals surface area contributed by atoms with Crippen molar-refractivity contribution in [1.29, 1.82) is 0 Å². The van der Waals surface area contributed by atoms with Crippen LogP contribution in [0, 0.1) is 0 Å². The zero-order valence-electron chi connectivity index (χ0n) is 8.51. The van der Waals surface area contributed by atoms with Crippen LogP contribution in [0.2, 0.25) is 0 Å². The molecule has 0 fully saturated rings. The maximum atomic E-state index is 3.00. The van der Waals surface area contributed by atoms with Crippen molar-refractivity contribution in [3.63, 3.8) is 0 Å². The zero-order chi connectivity index (χ0) is 9.82. The standard InChI is InChI=1S/C8H10.C2H6.C2H4/c1-8-6-4-2-3-5-7-8;2*1-2/h2,4-7H,3H2,1H3;1-2H3;1-2H2. The number of hydrogen-bond acceptors (Lipinski definition) is 0. The molecule has 1 rings (SSSR count). The third kappa shape index (κ3) is 8.96. The molecule has 0 heteroatoms. The molecule has 0 saturated heterocycles. The lowest BCUT2D eigenvalue weighted by molar-refractivity contribution is 1.40. The largest absolute Gasteiger partial charge is 0.106 e. The first kappa shape index (κ1) is 13.5. The van der Waals surface area contributed by atoms with E-state index in [0.717, 1.165) is 6.42 Å². The highest BCUT2D eigenvalue weighted by Gasteiger charge is 1.80. The van der Waals surface area contributed by atoms with E-state index in [1.165, 1.54) is 5.57 Å². The van der Waals surface area contributed by atoms with E-state index in [1.54, 1.807) is 0 Å². The van der Waals surface area contributed by atoms with Crippen molar-refractivity contribution < 1.29 is 0 Å². The summed E-state index contributed by atoms with van der Waals surface area (Å²) < 4.78 is 0. The predicted octanol–water partition coefficient (Wildman–Crippen LogP) is 4.28. The van der Waals surface area contributed by atoms with Crippen LogP contribution in [0.3, 0.4) is 0 Å². The second-order valence-electron chi connectivity index (χ2n) is 1.98. The first-order chi connectivity index (χ1) is 5.89. The average Bonchev–Trinajstić information content (AvgIpc) is 2.40. The summed E-state index contributed by atoms with van der Waals surface area (Å²) in [4.78, 5) is 0. The Balaban J connectivity index is 0. The van der Waals surface area contributed by atoms with E-state index < -0.39 is 0 Å². The van der Waals surface area contributed by atoms with Gasteiger partial charge >= 0.3 is 0 Å². The molecule has 0 radical (unpaired) electrons. The van der Waals surface area contributed by atoms with Gasteiger partial charge in [0.1, 0.15) is 0 Å². The molecule has 1 aliphatic rings. The Hall–Kier alpha value is -1.04. The van der Waals surface area contributed by atoms with E-state index in [-0.39, 0.29) is 0 Å². The van der Waals surface area contributed by atoms with Crippen LogP contribution in [0.1, 0.15) is 27.2 Å². The van der Waals surface area contributed by atoms with Crippen LogP contribution < -0.4 is 0 Å². The number of hydrogen-bond donors (Lipinski definition) is 0. The minimum atomic E-state index is 1.08. The average molecular weight is 164 g/mol. The predicted molar refractivity (Wildman–Crippen MR) is 59.3 cm³/mol. The quantitative estimate of drug-likeness (QED) is 0.469. The third-order valence-electron chi connectivity index (χ3n) is 1.15. The second kappa shape index (κ2) is 12.6. The lowest BCUT2D eigenvalue weighted by Gasteiger charge is -1.80. The summed E-state index contributed by atoms with van der Waals surface area (Å²) in [6, 6.07) is 0. The fraction of sp³-hybridized carbons (Fsp3) is 0.333. The molecule has 0 amide bonds. The maximum Gasteiger partial charge on any atom is -0.0163 e. The topological polar surface area (TPSA) is 0 Å². The van der Waals surface area contributed by atoms with Crippen molar-refractivity contribution in [3.05, 3.63) is 49.1 Å². The summed E-state index contributed by atoms with van der Waals surface area (Å²) in [5.41, 5.74) is 1.33. The number of rotatable bonds is 0. The Kier molecular flexibility index (Phi) is 14.2. The van der Waals surface area contributed by atoms with Crippen LogP contribution in [0.25, 0.3) is 0 Å². The van der Waals surface area contributed by atoms with Gasteiger partial charge in [0.15, 0.2) is 0 Å². The van der Waals surface area contributed by atoms with Gasteiger partial charge in [-0.15, -0.1) is 13.2 Å². The summed E-state index contributed by atoms with van der Waals surface area (Å²) in [5.74, 6) is 0. The Bertz CT molecular complexity index is 159. The van der Waals surface area contributed by atoms with Gasteiger partial charge in [0.2, 0.25) is 0 Å². The van der Waals surface area contributed by atoms with Crippen LogP contribution in [-0.2, 0) is 0 Å². The molecular weight excluding hydrogens is 144 g/mol. The van der Waals surface area contributed by atoms with E-state index in [9.17, 15) is 0 Å². The van der Waals surface area contributed by atoms with E-state index in [2.05, 4.69) is 50.5 Å². The Morgan fingerprint density at radius 3 is 2.33 bits per heavy atom. The minimum Gasteiger partial charge on any atom is -0.106 e. The molecule has 0 nitrogen and oxygen atoms in total. The first-order valence-corrected chi connectivity index (χ1v) is 4.39. The van der Waals surface area contributed by atoms with E-state index in [1.807, 2.05) is 13.8 Å². The fourth-order valence-corrected chi connectivity index (χ4v) is 0.686. The van der Waals surface area contributed by atoms with Gasteiger partial charge in [0, 0.05) is 0 Å². The van der Waals surface area contributed by atoms with Crippen molar-refractivity contribution in [2.45, 2.75) is 27.2 Å². The van der Waals surface area contributed by atoms with Crippen molar-refractivity contribution in [2.75, 3.05) is 0 Å². The molecule has 0 bridgehead atoms. The smallest absolute Gasteiger partial charge is 0.0163 e. The molecular formula is C12H20. The van der Waals surface area contributed by atoms with Gasteiger partial charge in [0.25, 0.3) is 0 Å². The van der Waals surface area contributed by atoms with Crippen molar-refractivity contribution >= 4 is 0 Å². The molecule has 0 aromatic heterocycles. The molecule has 0 heterocycles. The van der Waals surface area contributed by atoms with Crippen LogP contribution in [-0.4, -0.2) is 0 Å². The van der Waals surface area contributed by atoms with E-state index in [4.69, 9.17) is 0 Å². The molecule has 68 valence electrons. The highest BCUT2D eigenvalue weighted by molar-refractivity contribution is 5.24. The van der Waals surface area contributed by atoms with Gasteiger partial charge in [-0.25, -0.2) is 0 Å². The third-order valence-corrected chi connectivity index (χ3v) is 1.15. The van der Waals surface area contributed by atoms with Crippen LogP contribution in [0.15, 0.2) is 49.1 Å². The van der Waals surface area contributed by atoms with Crippen molar-refractivity contribution in [1.82, 2.24) is 0 Å². The molecule has 0 N–H and O–H groups in total. The molecule has 0 spiro atoms. The molecule has 12 heavy (non-hydrogen) atoms. The van der Waals surface area contributed by atoms with Crippen molar-refractivity contribution in [3.8, 4) is 0 Å². The normalized spacial score (nSPS) is 12.8. The highest BCUT2D eigenvalue weighted by Crippen LogP contribution is 2.01. The lowest BCUT2D eigenvalue weighted by atomic mass is 10.3. The van der Waals surface area contributed by atoms with E-state index >= 15 is 0 Å². The van der Waals surface area contributed by atoms with E-state index in [0.29, 0.717) is 0 Å². The zero-order valence-corrected chi connectivity index (χ0v) is 8.51. The molecule has 0 aromatic carbocycles. The molecule has 0 aliphatic heterocycles. The van der Waals surface area contributed by atoms with Crippen LogP contribution in [0.5, 0.6) is 0 Å². The summed E-state index contributed by atoms with van der Waals surface area (Å²) >= 11 is 0. The summed E-state index contributed by atoms with van der Waals surface area (Å²) in [5, 5.41) is 0. The molecule has 0 unspecified atom stereocenters. The van der Waals surface area contributed by atoms with Crippen LogP contribution >= 0.6 is 0 Å².